The van der Waals surface area contributed by atoms with Gasteiger partial charge in [0.2, 0.25) is 5.91 Å². The van der Waals surface area contributed by atoms with Crippen LogP contribution >= 0.6 is 11.8 Å². The van der Waals surface area contributed by atoms with Crippen molar-refractivity contribution in [3.63, 3.8) is 0 Å². The Labute approximate surface area is 171 Å². The van der Waals surface area contributed by atoms with E-state index in [0.717, 1.165) is 36.7 Å². The normalized spacial score (nSPS) is 16.7. The first-order chi connectivity index (χ1) is 13.7. The molecule has 1 N–H and O–H groups in total. The second-order valence-corrected chi connectivity index (χ2v) is 8.10. The van der Waals surface area contributed by atoms with Crippen LogP contribution in [0.25, 0.3) is 0 Å². The number of unbranched alkanes of at least 4 members (excludes halogenated alkanes) is 1. The second kappa shape index (κ2) is 11.1. The molecule has 150 valence electrons. The van der Waals surface area contributed by atoms with E-state index >= 15 is 0 Å². The third kappa shape index (κ3) is 6.53. The van der Waals surface area contributed by atoms with Gasteiger partial charge in [0.15, 0.2) is 0 Å². The van der Waals surface area contributed by atoms with Crippen molar-refractivity contribution in [2.24, 2.45) is 0 Å². The molecule has 1 aliphatic rings. The highest BCUT2D eigenvalue weighted by Crippen LogP contribution is 2.26. The zero-order valence-electron chi connectivity index (χ0n) is 16.5. The molecular formula is C22H29N3O2S. The first kappa shape index (κ1) is 20.7. The first-order valence-electron chi connectivity index (χ1n) is 10.0. The molecule has 0 fully saturated rings. The van der Waals surface area contributed by atoms with E-state index in [1.165, 1.54) is 30.2 Å². The van der Waals surface area contributed by atoms with Crippen LogP contribution in [-0.2, 0) is 11.3 Å². The first-order valence-corrected chi connectivity index (χ1v) is 11.0. The number of pyridine rings is 1. The molecule has 1 aromatic heterocycles. The van der Waals surface area contributed by atoms with Crippen molar-refractivity contribution in [1.82, 2.24) is 15.2 Å². The van der Waals surface area contributed by atoms with Crippen LogP contribution in [0.4, 0.5) is 0 Å². The fourth-order valence-corrected chi connectivity index (χ4v) is 4.01. The Morgan fingerprint density at radius 1 is 1.29 bits per heavy atom. The molecule has 0 spiro atoms. The Bertz CT molecular complexity index is 742. The van der Waals surface area contributed by atoms with Crippen molar-refractivity contribution in [2.75, 3.05) is 25.4 Å². The largest absolute Gasteiger partial charge is 0.489 e. The summed E-state index contributed by atoms with van der Waals surface area (Å²) >= 11 is 1.53. The van der Waals surface area contributed by atoms with Crippen LogP contribution in [0.3, 0.4) is 0 Å². The topological polar surface area (TPSA) is 54.5 Å². The summed E-state index contributed by atoms with van der Waals surface area (Å²) in [5, 5.41) is 3.04. The van der Waals surface area contributed by atoms with Crippen LogP contribution in [0.1, 0.15) is 31.7 Å². The van der Waals surface area contributed by atoms with Crippen LogP contribution in [-0.4, -0.2) is 47.3 Å². The van der Waals surface area contributed by atoms with Gasteiger partial charge in [-0.05, 0) is 31.0 Å². The van der Waals surface area contributed by atoms with Crippen molar-refractivity contribution in [3.8, 4) is 5.75 Å². The molecular weight excluding hydrogens is 370 g/mol. The molecule has 0 radical (unpaired) electrons. The fraction of sp³-hybridized carbons (Fsp3) is 0.455. The summed E-state index contributed by atoms with van der Waals surface area (Å²) in [5.74, 6) is 1.49. The summed E-state index contributed by atoms with van der Waals surface area (Å²) in [6, 6.07) is 12.1. The quantitative estimate of drug-likeness (QED) is 0.651. The number of hydrogen-bond donors (Lipinski definition) is 1. The molecule has 1 unspecified atom stereocenters. The van der Waals surface area contributed by atoms with Crippen LogP contribution in [0.15, 0.2) is 53.7 Å². The van der Waals surface area contributed by atoms with E-state index in [1.807, 2.05) is 18.2 Å². The highest BCUT2D eigenvalue weighted by Gasteiger charge is 2.22. The maximum Gasteiger partial charge on any atom is 0.230 e. The van der Waals surface area contributed by atoms with Crippen LogP contribution in [0.2, 0.25) is 0 Å². The van der Waals surface area contributed by atoms with Crippen molar-refractivity contribution in [3.05, 3.63) is 54.4 Å². The Morgan fingerprint density at radius 2 is 2.11 bits per heavy atom. The average molecular weight is 400 g/mol. The van der Waals surface area contributed by atoms with Gasteiger partial charge in [-0.1, -0.05) is 31.5 Å². The number of nitrogens with zero attached hydrogens (tertiary/aromatic N) is 2. The van der Waals surface area contributed by atoms with Gasteiger partial charge in [0.05, 0.1) is 5.75 Å². The van der Waals surface area contributed by atoms with Crippen LogP contribution in [0.5, 0.6) is 5.75 Å². The van der Waals surface area contributed by atoms with Gasteiger partial charge in [0.1, 0.15) is 11.9 Å². The Morgan fingerprint density at radius 3 is 2.93 bits per heavy atom. The lowest BCUT2D eigenvalue weighted by Crippen LogP contribution is -2.39. The van der Waals surface area contributed by atoms with Gasteiger partial charge in [0, 0.05) is 49.0 Å². The molecule has 1 aliphatic heterocycles. The number of fused-ring (bicyclic) bond motifs is 1. The molecule has 1 atom stereocenters. The van der Waals surface area contributed by atoms with Crippen molar-refractivity contribution in [1.29, 1.82) is 0 Å². The molecule has 0 saturated heterocycles. The van der Waals surface area contributed by atoms with Crippen molar-refractivity contribution in [2.45, 2.75) is 43.7 Å². The number of rotatable bonds is 9. The van der Waals surface area contributed by atoms with E-state index in [4.69, 9.17) is 4.74 Å². The smallest absolute Gasteiger partial charge is 0.230 e. The monoisotopic (exact) mass is 399 g/mol. The number of carbonyl (C=O) groups excluding carboxylic acids is 1. The fourth-order valence-electron chi connectivity index (χ4n) is 3.30. The number of carbonyl (C=O) groups is 1. The molecule has 0 saturated carbocycles. The minimum Gasteiger partial charge on any atom is -0.489 e. The predicted octanol–water partition coefficient (Wildman–Crippen LogP) is 3.74. The van der Waals surface area contributed by atoms with Crippen molar-refractivity contribution < 1.29 is 9.53 Å². The second-order valence-electron chi connectivity index (χ2n) is 7.05. The van der Waals surface area contributed by atoms with E-state index in [-0.39, 0.29) is 12.0 Å². The van der Waals surface area contributed by atoms with Gasteiger partial charge in [-0.3, -0.25) is 14.7 Å². The molecule has 0 aliphatic carbocycles. The number of para-hydroxylation sites is 1. The van der Waals surface area contributed by atoms with Gasteiger partial charge in [-0.25, -0.2) is 0 Å². The number of amides is 1. The van der Waals surface area contributed by atoms with Crippen LogP contribution in [0, 0.1) is 0 Å². The van der Waals surface area contributed by atoms with E-state index in [9.17, 15) is 4.79 Å². The molecule has 28 heavy (non-hydrogen) atoms. The lowest BCUT2D eigenvalue weighted by molar-refractivity contribution is -0.118. The minimum absolute atomic E-state index is 0.0656. The standard InChI is InChI=1S/C22H29N3O2S/c1-2-3-7-19-16-25(15-18-6-4-5-8-21(18)27-19)14-13-24-22(26)17-28-20-9-11-23-12-10-20/h4-6,8-12,19H,2-3,7,13-17H2,1H3,(H,24,26). The lowest BCUT2D eigenvalue weighted by atomic mass is 10.1. The van der Waals surface area contributed by atoms with Crippen LogP contribution < -0.4 is 10.1 Å². The van der Waals surface area contributed by atoms with Gasteiger partial charge >= 0.3 is 0 Å². The molecule has 3 rings (SSSR count). The third-order valence-electron chi connectivity index (χ3n) is 4.77. The van der Waals surface area contributed by atoms with Gasteiger partial charge in [-0.2, -0.15) is 0 Å². The summed E-state index contributed by atoms with van der Waals surface area (Å²) in [7, 11) is 0. The number of aromatic nitrogens is 1. The summed E-state index contributed by atoms with van der Waals surface area (Å²) in [6.45, 7) is 5.45. The zero-order valence-corrected chi connectivity index (χ0v) is 17.3. The summed E-state index contributed by atoms with van der Waals surface area (Å²) in [4.78, 5) is 19.6. The molecule has 1 aromatic carbocycles. The van der Waals surface area contributed by atoms with E-state index < -0.39 is 0 Å². The van der Waals surface area contributed by atoms with Gasteiger partial charge in [0.25, 0.3) is 0 Å². The number of ether oxygens (including phenoxy) is 1. The Balaban J connectivity index is 1.47. The predicted molar refractivity (Wildman–Crippen MR) is 114 cm³/mol. The minimum atomic E-state index is 0.0656. The molecule has 6 heteroatoms. The molecule has 0 bridgehead atoms. The van der Waals surface area contributed by atoms with Crippen molar-refractivity contribution >= 4 is 17.7 Å². The summed E-state index contributed by atoms with van der Waals surface area (Å²) in [5.41, 5.74) is 1.22. The van der Waals surface area contributed by atoms with Gasteiger partial charge < -0.3 is 10.1 Å². The summed E-state index contributed by atoms with van der Waals surface area (Å²) in [6.07, 6.45) is 7.11. The third-order valence-corrected chi connectivity index (χ3v) is 5.78. The highest BCUT2D eigenvalue weighted by molar-refractivity contribution is 8.00. The number of benzene rings is 1. The van der Waals surface area contributed by atoms with E-state index in [2.05, 4.69) is 40.3 Å². The molecule has 5 nitrogen and oxygen atoms in total. The SMILES string of the molecule is CCCCC1CN(CCNC(=O)CSc2ccncc2)Cc2ccccc2O1. The lowest BCUT2D eigenvalue weighted by Gasteiger charge is -2.24. The van der Waals surface area contributed by atoms with E-state index in [0.29, 0.717) is 12.3 Å². The number of thioether (sulfide) groups is 1. The summed E-state index contributed by atoms with van der Waals surface area (Å²) < 4.78 is 6.27. The maximum atomic E-state index is 12.1. The average Bonchev–Trinajstić information content (AvgIpc) is 2.90. The Kier molecular flexibility index (Phi) is 8.18. The zero-order chi connectivity index (χ0) is 19.6. The number of hydrogen-bond acceptors (Lipinski definition) is 5. The van der Waals surface area contributed by atoms with E-state index in [1.54, 1.807) is 12.4 Å². The highest BCUT2D eigenvalue weighted by atomic mass is 32.2. The maximum absolute atomic E-state index is 12.1. The molecule has 2 aromatic rings. The number of nitrogens with one attached hydrogen (secondary N) is 1. The Hall–Kier alpha value is -2.05. The molecule has 1 amide bonds. The van der Waals surface area contributed by atoms with Gasteiger partial charge in [-0.15, -0.1) is 11.8 Å². The molecule has 2 heterocycles.